The molecule has 0 heterocycles. The van der Waals surface area contributed by atoms with E-state index in [4.69, 9.17) is 4.74 Å². The number of carbonyl (C=O) groups is 2. The number of rotatable bonds is 2. The van der Waals surface area contributed by atoms with Crippen molar-refractivity contribution in [1.82, 2.24) is 0 Å². The molecule has 5 nitrogen and oxygen atoms in total. The third kappa shape index (κ3) is 2.30. The predicted molar refractivity (Wildman–Crippen MR) is 99.6 cm³/mol. The maximum absolute atomic E-state index is 13.1. The van der Waals surface area contributed by atoms with Gasteiger partial charge < -0.3 is 14.9 Å². The van der Waals surface area contributed by atoms with Gasteiger partial charge in [-0.15, -0.1) is 0 Å². The normalized spacial score (nSPS) is 50.1. The standard InChI is InChI=1S/C22H32O5/c1-13(24)27-18-10-14-19(2,3)16(25)5-6-20(14,4)15-9-17(26)21(12-23)7-8-22(15,18)11-21/h7-8,14-16,18,23,25H,5-6,9-12H2,1-4H3/t14-,15+,16-,18+,20-,21-,22-/m1/s1. The molecule has 4 rings (SSSR count). The maximum Gasteiger partial charge on any atom is 0.302 e. The molecule has 0 aromatic heterocycles. The molecule has 3 saturated carbocycles. The summed E-state index contributed by atoms with van der Waals surface area (Å²) >= 11 is 0. The van der Waals surface area contributed by atoms with Gasteiger partial charge in [-0.1, -0.05) is 32.9 Å². The lowest BCUT2D eigenvalue weighted by Crippen LogP contribution is -2.65. The number of ketones is 1. The van der Waals surface area contributed by atoms with Crippen molar-refractivity contribution in [2.45, 2.75) is 72.0 Å². The van der Waals surface area contributed by atoms with E-state index in [1.807, 2.05) is 6.08 Å². The van der Waals surface area contributed by atoms with E-state index >= 15 is 0 Å². The number of esters is 1. The van der Waals surface area contributed by atoms with Gasteiger partial charge in [0.1, 0.15) is 11.9 Å². The van der Waals surface area contributed by atoms with Crippen molar-refractivity contribution in [2.24, 2.45) is 33.5 Å². The molecule has 2 N–H and O–H groups in total. The van der Waals surface area contributed by atoms with Gasteiger partial charge in [0.15, 0.2) is 0 Å². The van der Waals surface area contributed by atoms with Crippen molar-refractivity contribution in [3.63, 3.8) is 0 Å². The molecule has 7 atom stereocenters. The van der Waals surface area contributed by atoms with Crippen molar-refractivity contribution in [2.75, 3.05) is 6.61 Å². The molecule has 5 heteroatoms. The number of aliphatic hydroxyl groups is 2. The van der Waals surface area contributed by atoms with Crippen molar-refractivity contribution in [3.05, 3.63) is 12.2 Å². The van der Waals surface area contributed by atoms with E-state index in [1.54, 1.807) is 0 Å². The molecule has 0 unspecified atom stereocenters. The number of hydrogen-bond acceptors (Lipinski definition) is 5. The summed E-state index contributed by atoms with van der Waals surface area (Å²) in [5, 5.41) is 20.7. The highest BCUT2D eigenvalue weighted by Gasteiger charge is 2.70. The first kappa shape index (κ1) is 19.1. The molecule has 1 spiro atoms. The summed E-state index contributed by atoms with van der Waals surface area (Å²) < 4.78 is 5.86. The monoisotopic (exact) mass is 376 g/mol. The van der Waals surface area contributed by atoms with Crippen LogP contribution in [0.3, 0.4) is 0 Å². The summed E-state index contributed by atoms with van der Waals surface area (Å²) in [4.78, 5) is 25.0. The molecule has 4 aliphatic rings. The Labute approximate surface area is 161 Å². The van der Waals surface area contributed by atoms with Crippen LogP contribution in [-0.4, -0.2) is 40.8 Å². The van der Waals surface area contributed by atoms with E-state index in [0.29, 0.717) is 19.3 Å². The van der Waals surface area contributed by atoms with Crippen LogP contribution in [0.1, 0.15) is 59.8 Å². The first-order valence-electron chi connectivity index (χ1n) is 10.2. The van der Waals surface area contributed by atoms with Gasteiger partial charge in [-0.25, -0.2) is 0 Å². The summed E-state index contributed by atoms with van der Waals surface area (Å²) in [6, 6.07) is 0. The van der Waals surface area contributed by atoms with Gasteiger partial charge in [0.05, 0.1) is 18.1 Å². The minimum Gasteiger partial charge on any atom is -0.462 e. The smallest absolute Gasteiger partial charge is 0.302 e. The number of carbonyl (C=O) groups excluding carboxylic acids is 2. The fourth-order valence-electron chi connectivity index (χ4n) is 7.34. The Bertz CT molecular complexity index is 711. The number of aliphatic hydroxyl groups excluding tert-OH is 2. The van der Waals surface area contributed by atoms with Crippen LogP contribution >= 0.6 is 0 Å². The first-order valence-corrected chi connectivity index (χ1v) is 10.2. The molecular weight excluding hydrogens is 344 g/mol. The molecule has 0 aromatic rings. The minimum absolute atomic E-state index is 0.0609. The van der Waals surface area contributed by atoms with Crippen molar-refractivity contribution < 1.29 is 24.5 Å². The molecule has 3 fully saturated rings. The van der Waals surface area contributed by atoms with Crippen molar-refractivity contribution >= 4 is 11.8 Å². The second-order valence-corrected chi connectivity index (χ2v) is 10.4. The average Bonchev–Trinajstić information content (AvgIpc) is 2.94. The lowest BCUT2D eigenvalue weighted by molar-refractivity contribution is -0.222. The topological polar surface area (TPSA) is 83.8 Å². The quantitative estimate of drug-likeness (QED) is 0.572. The van der Waals surface area contributed by atoms with Crippen LogP contribution in [-0.2, 0) is 14.3 Å². The van der Waals surface area contributed by atoms with Gasteiger partial charge in [0.25, 0.3) is 0 Å². The van der Waals surface area contributed by atoms with Crippen LogP contribution in [0.4, 0.5) is 0 Å². The van der Waals surface area contributed by atoms with Gasteiger partial charge in [-0.3, -0.25) is 9.59 Å². The summed E-state index contributed by atoms with van der Waals surface area (Å²) in [5.74, 6) is 0.0207. The summed E-state index contributed by atoms with van der Waals surface area (Å²) in [5.41, 5.74) is -1.62. The number of Topliss-reactive ketones (excluding diaryl/α,β-unsaturated/α-hetero) is 1. The van der Waals surface area contributed by atoms with Gasteiger partial charge in [-0.2, -0.15) is 0 Å². The molecule has 0 radical (unpaired) electrons. The lowest BCUT2D eigenvalue weighted by atomic mass is 9.39. The second kappa shape index (κ2) is 5.66. The molecular formula is C22H32O5. The maximum atomic E-state index is 13.1. The van der Waals surface area contributed by atoms with E-state index in [-0.39, 0.29) is 47.1 Å². The molecule has 2 bridgehead atoms. The SMILES string of the molecule is CC(=O)O[C@H]1C[C@@H]2C(C)(C)[C@H](O)CC[C@@]2(C)[C@@H]2CC(=O)[C@]3(CO)C=C[C@]12C3. The molecule has 4 aliphatic carbocycles. The summed E-state index contributed by atoms with van der Waals surface area (Å²) in [6.07, 6.45) is 6.50. The van der Waals surface area contributed by atoms with Crippen LogP contribution in [0.25, 0.3) is 0 Å². The molecule has 0 aliphatic heterocycles. The zero-order chi connectivity index (χ0) is 19.8. The van der Waals surface area contributed by atoms with Crippen LogP contribution in [0.5, 0.6) is 0 Å². The Balaban J connectivity index is 1.84. The second-order valence-electron chi connectivity index (χ2n) is 10.4. The predicted octanol–water partition coefficient (Wildman–Crippen LogP) is 2.64. The Hall–Kier alpha value is -1.20. The Morgan fingerprint density at radius 1 is 1.26 bits per heavy atom. The van der Waals surface area contributed by atoms with Crippen molar-refractivity contribution in [1.29, 1.82) is 0 Å². The van der Waals surface area contributed by atoms with E-state index < -0.39 is 16.9 Å². The van der Waals surface area contributed by atoms with Gasteiger partial charge >= 0.3 is 5.97 Å². The lowest BCUT2D eigenvalue weighted by Gasteiger charge is -2.66. The number of ether oxygens (including phenoxy) is 1. The molecule has 0 saturated heterocycles. The van der Waals surface area contributed by atoms with Crippen LogP contribution in [0.15, 0.2) is 12.2 Å². The van der Waals surface area contributed by atoms with Gasteiger partial charge in [-0.05, 0) is 48.3 Å². The molecule has 0 aromatic carbocycles. The Morgan fingerprint density at radius 3 is 2.59 bits per heavy atom. The first-order chi connectivity index (χ1) is 12.5. The van der Waals surface area contributed by atoms with Gasteiger partial charge in [0, 0.05) is 18.8 Å². The molecule has 0 amide bonds. The Kier molecular flexibility index (Phi) is 4.01. The van der Waals surface area contributed by atoms with E-state index in [0.717, 1.165) is 12.8 Å². The summed E-state index contributed by atoms with van der Waals surface area (Å²) in [6.45, 7) is 7.73. The third-order valence-corrected chi connectivity index (χ3v) is 8.87. The molecule has 150 valence electrons. The van der Waals surface area contributed by atoms with E-state index in [9.17, 15) is 19.8 Å². The van der Waals surface area contributed by atoms with E-state index in [1.165, 1.54) is 6.92 Å². The van der Waals surface area contributed by atoms with Gasteiger partial charge in [0.2, 0.25) is 0 Å². The Morgan fingerprint density at radius 2 is 1.96 bits per heavy atom. The number of fused-ring (bicyclic) bond motifs is 3. The molecule has 27 heavy (non-hydrogen) atoms. The average molecular weight is 376 g/mol. The van der Waals surface area contributed by atoms with Crippen molar-refractivity contribution in [3.8, 4) is 0 Å². The van der Waals surface area contributed by atoms with Crippen LogP contribution in [0.2, 0.25) is 0 Å². The zero-order valence-electron chi connectivity index (χ0n) is 16.8. The highest BCUT2D eigenvalue weighted by atomic mass is 16.5. The fraction of sp³-hybridized carbons (Fsp3) is 0.818. The highest BCUT2D eigenvalue weighted by molar-refractivity contribution is 5.89. The minimum atomic E-state index is -0.818. The third-order valence-electron chi connectivity index (χ3n) is 8.87. The van der Waals surface area contributed by atoms with E-state index in [2.05, 4.69) is 26.8 Å². The number of hydrogen-bond donors (Lipinski definition) is 2. The highest BCUT2D eigenvalue weighted by Crippen LogP contribution is 2.71. The zero-order valence-corrected chi connectivity index (χ0v) is 16.8. The summed E-state index contributed by atoms with van der Waals surface area (Å²) in [7, 11) is 0. The fourth-order valence-corrected chi connectivity index (χ4v) is 7.34. The largest absolute Gasteiger partial charge is 0.462 e. The van der Waals surface area contributed by atoms with Crippen LogP contribution in [0, 0.1) is 33.5 Å². The van der Waals surface area contributed by atoms with Crippen LogP contribution < -0.4 is 0 Å².